The Morgan fingerprint density at radius 3 is 2.31 bits per heavy atom. The molecule has 5 heteroatoms. The summed E-state index contributed by atoms with van der Waals surface area (Å²) in [6, 6.07) is 19.2. The number of hydrogen-bond acceptors (Lipinski definition) is 2. The van der Waals surface area contributed by atoms with Crippen molar-refractivity contribution in [2.24, 2.45) is 0 Å². The van der Waals surface area contributed by atoms with E-state index < -0.39 is 0 Å². The van der Waals surface area contributed by atoms with E-state index in [0.29, 0.717) is 17.1 Å². The molecule has 1 heterocycles. The van der Waals surface area contributed by atoms with Crippen LogP contribution < -0.4 is 5.32 Å². The molecule has 0 bridgehead atoms. The molecule has 0 radical (unpaired) electrons. The first-order chi connectivity index (χ1) is 12.6. The molecule has 0 aliphatic carbocycles. The van der Waals surface area contributed by atoms with Crippen LogP contribution in [0.1, 0.15) is 22.0 Å². The number of halogens is 1. The number of nitrogens with zero attached hydrogens (tertiary/aromatic N) is 2. The van der Waals surface area contributed by atoms with Gasteiger partial charge in [0.1, 0.15) is 0 Å². The third-order valence-electron chi connectivity index (χ3n) is 4.38. The van der Waals surface area contributed by atoms with Gasteiger partial charge in [-0.1, -0.05) is 29.8 Å². The molecule has 0 aliphatic heterocycles. The van der Waals surface area contributed by atoms with Gasteiger partial charge in [0.15, 0.2) is 0 Å². The zero-order valence-corrected chi connectivity index (χ0v) is 15.6. The standard InChI is InChI=1S/C21H22ClN3O/c1-24(2)20(18-7-3-4-8-19(18)22)15-23-21(26)16-9-11-17(12-10-16)25-13-5-6-14-25/h3-14,20H,15H2,1-2H3,(H,23,26). The first-order valence-electron chi connectivity index (χ1n) is 8.48. The van der Waals surface area contributed by atoms with Crippen LogP contribution in [0.25, 0.3) is 5.69 Å². The molecule has 1 aromatic heterocycles. The van der Waals surface area contributed by atoms with Crippen LogP contribution in [0.15, 0.2) is 73.1 Å². The van der Waals surface area contributed by atoms with E-state index >= 15 is 0 Å². The van der Waals surface area contributed by atoms with E-state index in [2.05, 4.69) is 10.2 Å². The van der Waals surface area contributed by atoms with Crippen LogP contribution in [-0.4, -0.2) is 36.0 Å². The second-order valence-corrected chi connectivity index (χ2v) is 6.76. The molecule has 0 saturated heterocycles. The largest absolute Gasteiger partial charge is 0.350 e. The van der Waals surface area contributed by atoms with Gasteiger partial charge in [-0.05, 0) is 62.1 Å². The zero-order chi connectivity index (χ0) is 18.5. The van der Waals surface area contributed by atoms with Gasteiger partial charge in [0.25, 0.3) is 5.91 Å². The molecule has 0 aliphatic rings. The lowest BCUT2D eigenvalue weighted by Gasteiger charge is -2.26. The number of carbonyl (C=O) groups is 1. The summed E-state index contributed by atoms with van der Waals surface area (Å²) in [6.07, 6.45) is 3.95. The second kappa shape index (κ2) is 8.21. The third kappa shape index (κ3) is 4.15. The summed E-state index contributed by atoms with van der Waals surface area (Å²) >= 11 is 6.32. The van der Waals surface area contributed by atoms with Crippen molar-refractivity contribution in [3.63, 3.8) is 0 Å². The quantitative estimate of drug-likeness (QED) is 0.710. The number of amides is 1. The highest BCUT2D eigenvalue weighted by molar-refractivity contribution is 6.31. The Morgan fingerprint density at radius 2 is 1.69 bits per heavy atom. The zero-order valence-electron chi connectivity index (χ0n) is 14.9. The normalized spacial score (nSPS) is 12.2. The first-order valence-corrected chi connectivity index (χ1v) is 8.86. The number of carbonyl (C=O) groups excluding carboxylic acids is 1. The van der Waals surface area contributed by atoms with Crippen molar-refractivity contribution >= 4 is 17.5 Å². The van der Waals surface area contributed by atoms with E-state index in [4.69, 9.17) is 11.6 Å². The van der Waals surface area contributed by atoms with Crippen LogP contribution in [0.5, 0.6) is 0 Å². The summed E-state index contributed by atoms with van der Waals surface area (Å²) in [5.41, 5.74) is 2.66. The average molecular weight is 368 g/mol. The highest BCUT2D eigenvalue weighted by Gasteiger charge is 2.18. The predicted molar refractivity (Wildman–Crippen MR) is 106 cm³/mol. The minimum atomic E-state index is -0.0945. The number of aromatic nitrogens is 1. The third-order valence-corrected chi connectivity index (χ3v) is 4.72. The van der Waals surface area contributed by atoms with Crippen molar-refractivity contribution < 1.29 is 4.79 Å². The van der Waals surface area contributed by atoms with Crippen LogP contribution in [0, 0.1) is 0 Å². The Bertz CT molecular complexity index is 857. The molecule has 0 fully saturated rings. The van der Waals surface area contributed by atoms with Crippen LogP contribution in [0.3, 0.4) is 0 Å². The van der Waals surface area contributed by atoms with Crippen molar-refractivity contribution in [1.82, 2.24) is 14.8 Å². The molecule has 26 heavy (non-hydrogen) atoms. The van der Waals surface area contributed by atoms with Gasteiger partial charge in [-0.25, -0.2) is 0 Å². The summed E-state index contributed by atoms with van der Waals surface area (Å²) in [4.78, 5) is 14.6. The Labute approximate surface area is 159 Å². The fourth-order valence-electron chi connectivity index (χ4n) is 2.90. The highest BCUT2D eigenvalue weighted by atomic mass is 35.5. The highest BCUT2D eigenvalue weighted by Crippen LogP contribution is 2.25. The van der Waals surface area contributed by atoms with Gasteiger partial charge >= 0.3 is 0 Å². The average Bonchev–Trinajstić information content (AvgIpc) is 3.18. The smallest absolute Gasteiger partial charge is 0.251 e. The molecule has 134 valence electrons. The lowest BCUT2D eigenvalue weighted by atomic mass is 10.1. The summed E-state index contributed by atoms with van der Waals surface area (Å²) in [5, 5.41) is 3.72. The minimum absolute atomic E-state index is 0.00629. The van der Waals surface area contributed by atoms with Crippen molar-refractivity contribution in [2.45, 2.75) is 6.04 Å². The molecule has 1 atom stereocenters. The first kappa shape index (κ1) is 18.2. The molecule has 3 aromatic rings. The fourth-order valence-corrected chi connectivity index (χ4v) is 3.16. The molecule has 1 unspecified atom stereocenters. The number of likely N-dealkylation sites (N-methyl/N-ethyl adjacent to an activating group) is 1. The molecule has 0 saturated carbocycles. The van der Waals surface area contributed by atoms with Gasteiger partial charge < -0.3 is 14.8 Å². The lowest BCUT2D eigenvalue weighted by molar-refractivity contribution is 0.0942. The van der Waals surface area contributed by atoms with Crippen molar-refractivity contribution in [3.05, 3.63) is 89.2 Å². The molecular weight excluding hydrogens is 346 g/mol. The SMILES string of the molecule is CN(C)C(CNC(=O)c1ccc(-n2cccc2)cc1)c1ccccc1Cl. The van der Waals surface area contributed by atoms with Gasteiger partial charge in [-0.15, -0.1) is 0 Å². The van der Waals surface area contributed by atoms with Crippen LogP contribution in [0.2, 0.25) is 5.02 Å². The molecule has 2 aromatic carbocycles. The van der Waals surface area contributed by atoms with Crippen LogP contribution in [0.4, 0.5) is 0 Å². The number of rotatable bonds is 6. The van der Waals surface area contributed by atoms with Crippen molar-refractivity contribution in [3.8, 4) is 5.69 Å². The minimum Gasteiger partial charge on any atom is -0.350 e. The molecule has 1 amide bonds. The van der Waals surface area contributed by atoms with E-state index in [-0.39, 0.29) is 11.9 Å². The maximum absolute atomic E-state index is 12.5. The van der Waals surface area contributed by atoms with E-state index in [0.717, 1.165) is 11.3 Å². The molecule has 3 rings (SSSR count). The topological polar surface area (TPSA) is 37.3 Å². The van der Waals surface area contributed by atoms with E-state index in [1.54, 1.807) is 0 Å². The van der Waals surface area contributed by atoms with Gasteiger partial charge in [0.2, 0.25) is 0 Å². The Hall–Kier alpha value is -2.56. The maximum Gasteiger partial charge on any atom is 0.251 e. The van der Waals surface area contributed by atoms with Crippen molar-refractivity contribution in [1.29, 1.82) is 0 Å². The second-order valence-electron chi connectivity index (χ2n) is 6.35. The summed E-state index contributed by atoms with van der Waals surface area (Å²) in [7, 11) is 3.96. The fraction of sp³-hybridized carbons (Fsp3) is 0.190. The van der Waals surface area contributed by atoms with E-state index in [1.807, 2.05) is 91.7 Å². The Morgan fingerprint density at radius 1 is 1.04 bits per heavy atom. The molecule has 1 N–H and O–H groups in total. The number of nitrogens with one attached hydrogen (secondary N) is 1. The maximum atomic E-state index is 12.5. The van der Waals surface area contributed by atoms with Crippen LogP contribution >= 0.6 is 11.6 Å². The number of hydrogen-bond donors (Lipinski definition) is 1. The van der Waals surface area contributed by atoms with Gasteiger partial charge in [-0.3, -0.25) is 4.79 Å². The number of benzene rings is 2. The van der Waals surface area contributed by atoms with Gasteiger partial charge in [0, 0.05) is 35.2 Å². The van der Waals surface area contributed by atoms with E-state index in [1.165, 1.54) is 0 Å². The summed E-state index contributed by atoms with van der Waals surface area (Å²) in [5.74, 6) is -0.0945. The monoisotopic (exact) mass is 367 g/mol. The van der Waals surface area contributed by atoms with Gasteiger partial charge in [0.05, 0.1) is 6.04 Å². The lowest BCUT2D eigenvalue weighted by Crippen LogP contribution is -2.34. The Balaban J connectivity index is 1.68. The van der Waals surface area contributed by atoms with Gasteiger partial charge in [-0.2, -0.15) is 0 Å². The predicted octanol–water partition coefficient (Wildman–Crippen LogP) is 4.16. The Kier molecular flexibility index (Phi) is 5.76. The summed E-state index contributed by atoms with van der Waals surface area (Å²) < 4.78 is 2.00. The molecule has 0 spiro atoms. The van der Waals surface area contributed by atoms with E-state index in [9.17, 15) is 4.79 Å². The molecular formula is C21H22ClN3O. The molecule has 4 nitrogen and oxygen atoms in total. The summed E-state index contributed by atoms with van der Waals surface area (Å²) in [6.45, 7) is 0.481. The van der Waals surface area contributed by atoms with Crippen molar-refractivity contribution in [2.75, 3.05) is 20.6 Å². The van der Waals surface area contributed by atoms with Crippen LogP contribution in [-0.2, 0) is 0 Å².